The first-order valence-electron chi connectivity index (χ1n) is 5.61. The van der Waals surface area contributed by atoms with Crippen LogP contribution in [0.2, 0.25) is 0 Å². The Labute approximate surface area is 99.8 Å². The highest BCUT2D eigenvalue weighted by molar-refractivity contribution is 5.88. The topological polar surface area (TPSA) is 95.5 Å². The number of carboxylic acids is 1. The molecule has 0 aromatic rings. The third kappa shape index (κ3) is 4.84. The number of carboxylic acid groups (broad SMARTS) is 1. The summed E-state index contributed by atoms with van der Waals surface area (Å²) in [6.07, 6.45) is 1.84. The van der Waals surface area contributed by atoms with Gasteiger partial charge in [-0.25, -0.2) is 0 Å². The lowest BCUT2D eigenvalue weighted by molar-refractivity contribution is -0.149. The average Bonchev–Trinajstić information content (AvgIpc) is 2.97. The number of amides is 2. The fraction of sp³-hybridized carbons (Fsp3) is 0.727. The van der Waals surface area contributed by atoms with Crippen molar-refractivity contribution in [1.29, 1.82) is 0 Å². The van der Waals surface area contributed by atoms with E-state index in [1.54, 1.807) is 0 Å². The highest BCUT2D eigenvalue weighted by Crippen LogP contribution is 2.20. The molecule has 0 atom stereocenters. The first-order chi connectivity index (χ1) is 7.81. The number of hydrogen-bond donors (Lipinski definition) is 3. The molecule has 96 valence electrons. The van der Waals surface area contributed by atoms with E-state index in [4.69, 9.17) is 5.11 Å². The fourth-order valence-corrected chi connectivity index (χ4v) is 1.22. The lowest BCUT2D eigenvalue weighted by Gasteiger charge is -2.18. The Morgan fingerprint density at radius 1 is 1.24 bits per heavy atom. The van der Waals surface area contributed by atoms with Crippen molar-refractivity contribution in [3.05, 3.63) is 0 Å². The fourth-order valence-electron chi connectivity index (χ4n) is 1.22. The van der Waals surface area contributed by atoms with Crippen molar-refractivity contribution in [3.8, 4) is 0 Å². The van der Waals surface area contributed by atoms with Crippen LogP contribution in [-0.2, 0) is 14.4 Å². The molecule has 0 aliphatic heterocycles. The van der Waals surface area contributed by atoms with Crippen LogP contribution in [0.3, 0.4) is 0 Å². The van der Waals surface area contributed by atoms with E-state index in [-0.39, 0.29) is 24.9 Å². The molecule has 17 heavy (non-hydrogen) atoms. The molecule has 1 rings (SSSR count). The molecule has 1 saturated carbocycles. The van der Waals surface area contributed by atoms with Crippen LogP contribution in [0, 0.1) is 5.41 Å². The molecule has 1 aliphatic rings. The van der Waals surface area contributed by atoms with Crippen molar-refractivity contribution >= 4 is 17.8 Å². The molecule has 0 aromatic heterocycles. The van der Waals surface area contributed by atoms with Gasteiger partial charge >= 0.3 is 5.97 Å². The molecule has 2 amide bonds. The van der Waals surface area contributed by atoms with E-state index in [9.17, 15) is 14.4 Å². The summed E-state index contributed by atoms with van der Waals surface area (Å²) in [4.78, 5) is 33.5. The Morgan fingerprint density at radius 2 is 1.82 bits per heavy atom. The van der Waals surface area contributed by atoms with Crippen molar-refractivity contribution < 1.29 is 19.5 Å². The predicted octanol–water partition coefficient (Wildman–Crippen LogP) is -0.118. The first-order valence-corrected chi connectivity index (χ1v) is 5.61. The second-order valence-electron chi connectivity index (χ2n) is 4.98. The van der Waals surface area contributed by atoms with Gasteiger partial charge in [-0.1, -0.05) is 0 Å². The summed E-state index contributed by atoms with van der Waals surface area (Å²) in [5, 5.41) is 14.0. The van der Waals surface area contributed by atoms with Crippen molar-refractivity contribution in [3.63, 3.8) is 0 Å². The smallest absolute Gasteiger partial charge is 0.309 e. The molecule has 6 heteroatoms. The summed E-state index contributed by atoms with van der Waals surface area (Å²) in [5.74, 6) is -1.69. The molecule has 0 heterocycles. The number of hydrogen-bond acceptors (Lipinski definition) is 3. The number of carbonyl (C=O) groups excluding carboxylic acids is 2. The highest BCUT2D eigenvalue weighted by Gasteiger charge is 2.30. The van der Waals surface area contributed by atoms with Gasteiger partial charge in [0.2, 0.25) is 11.8 Å². The normalized spacial score (nSPS) is 15.2. The van der Waals surface area contributed by atoms with E-state index < -0.39 is 17.3 Å². The minimum atomic E-state index is -1.11. The molecular formula is C11H18N2O4. The standard InChI is InChI=1S/C11H18N2O4/c1-11(2,10(16)17)5-8(14)12-6-9(15)13-7-3-4-7/h7H,3-6H2,1-2H3,(H,12,14)(H,13,15)(H,16,17). The summed E-state index contributed by atoms with van der Waals surface area (Å²) >= 11 is 0. The molecule has 0 spiro atoms. The first kappa shape index (κ1) is 13.5. The zero-order valence-corrected chi connectivity index (χ0v) is 10.1. The number of carbonyl (C=O) groups is 3. The van der Waals surface area contributed by atoms with Crippen LogP contribution < -0.4 is 10.6 Å². The Bertz CT molecular complexity index is 334. The Balaban J connectivity index is 2.24. The SMILES string of the molecule is CC(C)(CC(=O)NCC(=O)NC1CC1)C(=O)O. The molecule has 1 fully saturated rings. The predicted molar refractivity (Wildman–Crippen MR) is 60.2 cm³/mol. The van der Waals surface area contributed by atoms with Gasteiger partial charge in [-0.2, -0.15) is 0 Å². The Morgan fingerprint density at radius 3 is 2.29 bits per heavy atom. The van der Waals surface area contributed by atoms with Crippen LogP contribution in [0.1, 0.15) is 33.1 Å². The average molecular weight is 242 g/mol. The molecule has 1 aliphatic carbocycles. The molecule has 0 aromatic carbocycles. The van der Waals surface area contributed by atoms with Crippen LogP contribution in [0.4, 0.5) is 0 Å². The largest absolute Gasteiger partial charge is 0.481 e. The molecule has 0 bridgehead atoms. The van der Waals surface area contributed by atoms with Crippen LogP contribution in [0.5, 0.6) is 0 Å². The Kier molecular flexibility index (Phi) is 4.09. The van der Waals surface area contributed by atoms with E-state index in [2.05, 4.69) is 10.6 Å². The second kappa shape index (κ2) is 5.16. The summed E-state index contributed by atoms with van der Waals surface area (Å²) in [6.45, 7) is 2.85. The van der Waals surface area contributed by atoms with Crippen LogP contribution >= 0.6 is 0 Å². The van der Waals surface area contributed by atoms with Crippen molar-refractivity contribution in [2.24, 2.45) is 5.41 Å². The second-order valence-corrected chi connectivity index (χ2v) is 4.98. The van der Waals surface area contributed by atoms with Gasteiger partial charge in [-0.05, 0) is 26.7 Å². The minimum absolute atomic E-state index is 0.0922. The van der Waals surface area contributed by atoms with Gasteiger partial charge in [-0.3, -0.25) is 14.4 Å². The minimum Gasteiger partial charge on any atom is -0.481 e. The summed E-state index contributed by atoms with van der Waals surface area (Å²) in [6, 6.07) is 0.259. The van der Waals surface area contributed by atoms with Gasteiger partial charge in [0.05, 0.1) is 12.0 Å². The zero-order chi connectivity index (χ0) is 13.1. The number of aliphatic carboxylic acids is 1. The molecule has 0 unspecified atom stereocenters. The van der Waals surface area contributed by atoms with Gasteiger partial charge in [0.15, 0.2) is 0 Å². The zero-order valence-electron chi connectivity index (χ0n) is 10.1. The van der Waals surface area contributed by atoms with E-state index in [1.807, 2.05) is 0 Å². The van der Waals surface area contributed by atoms with Gasteiger partial charge in [0, 0.05) is 12.5 Å². The van der Waals surface area contributed by atoms with Crippen molar-refractivity contribution in [2.75, 3.05) is 6.54 Å². The van der Waals surface area contributed by atoms with Gasteiger partial charge in [0.1, 0.15) is 0 Å². The van der Waals surface area contributed by atoms with Gasteiger partial charge in [-0.15, -0.1) is 0 Å². The van der Waals surface area contributed by atoms with E-state index in [0.717, 1.165) is 12.8 Å². The molecular weight excluding hydrogens is 224 g/mol. The maximum atomic E-state index is 11.4. The van der Waals surface area contributed by atoms with Gasteiger partial charge < -0.3 is 15.7 Å². The van der Waals surface area contributed by atoms with Gasteiger partial charge in [0.25, 0.3) is 0 Å². The number of nitrogens with one attached hydrogen (secondary N) is 2. The van der Waals surface area contributed by atoms with Crippen molar-refractivity contribution in [2.45, 2.75) is 39.2 Å². The molecule has 3 N–H and O–H groups in total. The van der Waals surface area contributed by atoms with Crippen LogP contribution in [-0.4, -0.2) is 35.5 Å². The summed E-state index contributed by atoms with van der Waals surface area (Å²) < 4.78 is 0. The summed E-state index contributed by atoms with van der Waals surface area (Å²) in [5.41, 5.74) is -1.11. The molecule has 0 radical (unpaired) electrons. The maximum absolute atomic E-state index is 11.4. The monoisotopic (exact) mass is 242 g/mol. The third-order valence-corrected chi connectivity index (χ3v) is 2.57. The van der Waals surface area contributed by atoms with Crippen LogP contribution in [0.15, 0.2) is 0 Å². The lowest BCUT2D eigenvalue weighted by Crippen LogP contribution is -2.40. The highest BCUT2D eigenvalue weighted by atomic mass is 16.4. The quantitative estimate of drug-likeness (QED) is 0.605. The molecule has 0 saturated heterocycles. The lowest BCUT2D eigenvalue weighted by atomic mass is 9.89. The Hall–Kier alpha value is -1.59. The van der Waals surface area contributed by atoms with Crippen LogP contribution in [0.25, 0.3) is 0 Å². The maximum Gasteiger partial charge on any atom is 0.309 e. The van der Waals surface area contributed by atoms with Crippen molar-refractivity contribution in [1.82, 2.24) is 10.6 Å². The van der Waals surface area contributed by atoms with E-state index >= 15 is 0 Å². The molecule has 6 nitrogen and oxygen atoms in total. The number of rotatable bonds is 6. The third-order valence-electron chi connectivity index (χ3n) is 2.57. The van der Waals surface area contributed by atoms with E-state index in [0.29, 0.717) is 0 Å². The van der Waals surface area contributed by atoms with E-state index in [1.165, 1.54) is 13.8 Å². The summed E-state index contributed by atoms with van der Waals surface area (Å²) in [7, 11) is 0.